The van der Waals surface area contributed by atoms with Crippen LogP contribution in [0.25, 0.3) is 5.70 Å². The molecule has 4 heteroatoms. The van der Waals surface area contributed by atoms with Gasteiger partial charge >= 0.3 is 0 Å². The Morgan fingerprint density at radius 3 is 2.68 bits per heavy atom. The van der Waals surface area contributed by atoms with E-state index >= 15 is 0 Å². The average molecular weight is 297 g/mol. The summed E-state index contributed by atoms with van der Waals surface area (Å²) in [7, 11) is 1.93. The van der Waals surface area contributed by atoms with Crippen molar-refractivity contribution in [2.24, 2.45) is 0 Å². The van der Waals surface area contributed by atoms with Crippen LogP contribution >= 0.6 is 23.5 Å². The number of benzene rings is 1. The van der Waals surface area contributed by atoms with Crippen LogP contribution in [-0.2, 0) is 6.42 Å². The summed E-state index contributed by atoms with van der Waals surface area (Å²) in [5.41, 5.74) is 3.45. The molecule has 1 aromatic rings. The van der Waals surface area contributed by atoms with Crippen LogP contribution < -0.4 is 4.72 Å². The Morgan fingerprint density at radius 1 is 1.42 bits per heavy atom. The Kier molecular flexibility index (Phi) is 5.20. The van der Waals surface area contributed by atoms with Gasteiger partial charge in [-0.3, -0.25) is 4.72 Å². The third kappa shape index (κ3) is 3.28. The highest BCUT2D eigenvalue weighted by atomic mass is 35.5. The number of likely N-dealkylation sites (tertiary alicyclic amines) is 1. The summed E-state index contributed by atoms with van der Waals surface area (Å²) in [5.74, 6) is 0. The summed E-state index contributed by atoms with van der Waals surface area (Å²) in [6.45, 7) is 8.60. The van der Waals surface area contributed by atoms with Gasteiger partial charge in [0.2, 0.25) is 0 Å². The maximum atomic E-state index is 6.42. The van der Waals surface area contributed by atoms with Crippen molar-refractivity contribution in [1.82, 2.24) is 9.62 Å². The van der Waals surface area contributed by atoms with E-state index in [9.17, 15) is 0 Å². The van der Waals surface area contributed by atoms with Crippen molar-refractivity contribution in [2.75, 3.05) is 20.1 Å². The molecule has 1 fully saturated rings. The second kappa shape index (κ2) is 6.69. The van der Waals surface area contributed by atoms with Crippen molar-refractivity contribution in [3.05, 3.63) is 34.9 Å². The molecule has 19 heavy (non-hydrogen) atoms. The van der Waals surface area contributed by atoms with Gasteiger partial charge in [-0.05, 0) is 61.5 Å². The molecule has 1 aromatic carbocycles. The maximum absolute atomic E-state index is 6.42. The first kappa shape index (κ1) is 14.8. The average Bonchev–Trinajstić information content (AvgIpc) is 2.91. The SMILES string of the molecule is C=C(c1cc(Cl)c(CC)c(SNC)c1)N1CCCC1. The zero-order valence-corrected chi connectivity index (χ0v) is 13.2. The lowest BCUT2D eigenvalue weighted by Crippen LogP contribution is -2.16. The highest BCUT2D eigenvalue weighted by molar-refractivity contribution is 7.97. The lowest BCUT2D eigenvalue weighted by molar-refractivity contribution is 0.494. The number of nitrogens with zero attached hydrogens (tertiary/aromatic N) is 1. The van der Waals surface area contributed by atoms with Crippen LogP contribution in [0.1, 0.15) is 30.9 Å². The van der Waals surface area contributed by atoms with Crippen LogP contribution in [0.15, 0.2) is 23.6 Å². The fourth-order valence-electron chi connectivity index (χ4n) is 2.49. The largest absolute Gasteiger partial charge is 0.372 e. The quantitative estimate of drug-likeness (QED) is 0.820. The van der Waals surface area contributed by atoms with Crippen molar-refractivity contribution in [3.8, 4) is 0 Å². The summed E-state index contributed by atoms with van der Waals surface area (Å²) < 4.78 is 3.14. The molecular formula is C15H21ClN2S. The summed E-state index contributed by atoms with van der Waals surface area (Å²) in [4.78, 5) is 3.55. The standard InChI is InChI=1S/C15H21ClN2S/c1-4-13-14(16)9-12(10-15(13)19-17-3)11(2)18-7-5-6-8-18/h9-10,17H,2,4-8H2,1,3H3. The Morgan fingerprint density at radius 2 is 2.11 bits per heavy atom. The molecule has 0 amide bonds. The van der Waals surface area contributed by atoms with Gasteiger partial charge in [-0.25, -0.2) is 0 Å². The predicted octanol–water partition coefficient (Wildman–Crippen LogP) is 4.20. The van der Waals surface area contributed by atoms with Crippen LogP contribution in [0.4, 0.5) is 0 Å². The summed E-state index contributed by atoms with van der Waals surface area (Å²) in [6.07, 6.45) is 3.47. The summed E-state index contributed by atoms with van der Waals surface area (Å²) in [6, 6.07) is 4.26. The second-order valence-electron chi connectivity index (χ2n) is 4.74. The van der Waals surface area contributed by atoms with Crippen LogP contribution in [-0.4, -0.2) is 25.0 Å². The van der Waals surface area contributed by atoms with Gasteiger partial charge in [0, 0.05) is 28.7 Å². The molecule has 104 valence electrons. The van der Waals surface area contributed by atoms with Gasteiger partial charge < -0.3 is 4.90 Å². The van der Waals surface area contributed by atoms with Gasteiger partial charge in [-0.2, -0.15) is 0 Å². The van der Waals surface area contributed by atoms with Crippen LogP contribution in [0.5, 0.6) is 0 Å². The van der Waals surface area contributed by atoms with E-state index in [1.165, 1.54) is 23.3 Å². The highest BCUT2D eigenvalue weighted by Crippen LogP contribution is 2.33. The number of nitrogens with one attached hydrogen (secondary N) is 1. The topological polar surface area (TPSA) is 15.3 Å². The fourth-order valence-corrected chi connectivity index (χ4v) is 3.68. The number of halogens is 1. The van der Waals surface area contributed by atoms with E-state index in [0.29, 0.717) is 0 Å². The van der Waals surface area contributed by atoms with Gasteiger partial charge in [0.15, 0.2) is 0 Å². The molecule has 0 atom stereocenters. The Bertz CT molecular complexity index is 467. The van der Waals surface area contributed by atoms with Gasteiger partial charge in [0.1, 0.15) is 0 Å². The monoisotopic (exact) mass is 296 g/mol. The molecule has 1 heterocycles. The van der Waals surface area contributed by atoms with Crippen LogP contribution in [0.2, 0.25) is 5.02 Å². The number of hydrogen-bond acceptors (Lipinski definition) is 3. The van der Waals surface area contributed by atoms with Crippen molar-refractivity contribution in [3.63, 3.8) is 0 Å². The van der Waals surface area contributed by atoms with E-state index in [1.54, 1.807) is 11.9 Å². The lowest BCUT2D eigenvalue weighted by Gasteiger charge is -2.22. The minimum atomic E-state index is 0.845. The first-order valence-corrected chi connectivity index (χ1v) is 7.97. The number of rotatable bonds is 5. The third-order valence-corrected chi connectivity index (χ3v) is 4.67. The Balaban J connectivity index is 2.32. The van der Waals surface area contributed by atoms with E-state index in [4.69, 9.17) is 11.6 Å². The van der Waals surface area contributed by atoms with Crippen LogP contribution in [0.3, 0.4) is 0 Å². The van der Waals surface area contributed by atoms with E-state index in [2.05, 4.69) is 35.3 Å². The van der Waals surface area contributed by atoms with Crippen molar-refractivity contribution in [1.29, 1.82) is 0 Å². The smallest absolute Gasteiger partial charge is 0.0456 e. The lowest BCUT2D eigenvalue weighted by atomic mass is 10.1. The van der Waals surface area contributed by atoms with Crippen LogP contribution in [0, 0.1) is 0 Å². The molecule has 0 saturated carbocycles. The molecule has 1 saturated heterocycles. The van der Waals surface area contributed by atoms with E-state index in [-0.39, 0.29) is 0 Å². The molecule has 0 unspecified atom stereocenters. The summed E-state index contributed by atoms with van der Waals surface area (Å²) in [5, 5.41) is 0.845. The van der Waals surface area contributed by atoms with Crippen molar-refractivity contribution < 1.29 is 0 Å². The van der Waals surface area contributed by atoms with Crippen molar-refractivity contribution in [2.45, 2.75) is 31.1 Å². The molecule has 1 aliphatic heterocycles. The predicted molar refractivity (Wildman–Crippen MR) is 85.6 cm³/mol. The maximum Gasteiger partial charge on any atom is 0.0456 e. The molecule has 0 spiro atoms. The Labute approximate surface area is 125 Å². The third-order valence-electron chi connectivity index (χ3n) is 3.54. The minimum absolute atomic E-state index is 0.845. The molecule has 2 rings (SSSR count). The fraction of sp³-hybridized carbons (Fsp3) is 0.467. The first-order valence-electron chi connectivity index (χ1n) is 6.77. The normalized spacial score (nSPS) is 15.0. The zero-order chi connectivity index (χ0) is 13.8. The van der Waals surface area contributed by atoms with E-state index in [0.717, 1.165) is 35.8 Å². The zero-order valence-electron chi connectivity index (χ0n) is 11.6. The molecule has 0 aliphatic carbocycles. The van der Waals surface area contributed by atoms with E-state index < -0.39 is 0 Å². The minimum Gasteiger partial charge on any atom is -0.372 e. The molecule has 2 nitrogen and oxygen atoms in total. The second-order valence-corrected chi connectivity index (χ2v) is 6.19. The number of hydrogen-bond donors (Lipinski definition) is 1. The molecule has 1 N–H and O–H groups in total. The van der Waals surface area contributed by atoms with Gasteiger partial charge in [0.25, 0.3) is 0 Å². The van der Waals surface area contributed by atoms with E-state index in [1.807, 2.05) is 7.05 Å². The van der Waals surface area contributed by atoms with Gasteiger partial charge in [0.05, 0.1) is 0 Å². The highest BCUT2D eigenvalue weighted by Gasteiger charge is 2.17. The van der Waals surface area contributed by atoms with Crippen molar-refractivity contribution >= 4 is 29.2 Å². The molecular weight excluding hydrogens is 276 g/mol. The van der Waals surface area contributed by atoms with Gasteiger partial charge in [-0.1, -0.05) is 25.1 Å². The molecule has 0 radical (unpaired) electrons. The molecule has 0 aromatic heterocycles. The Hall–Kier alpha value is -0.640. The first-order chi connectivity index (χ1) is 9.17. The summed E-state index contributed by atoms with van der Waals surface area (Å²) >= 11 is 8.04. The van der Waals surface area contributed by atoms with Gasteiger partial charge in [-0.15, -0.1) is 0 Å². The molecule has 0 bridgehead atoms. The molecule has 1 aliphatic rings.